The summed E-state index contributed by atoms with van der Waals surface area (Å²) in [6, 6.07) is 24.1. The molecule has 0 aliphatic carbocycles. The molecule has 3 aromatic carbocycles. The number of methoxy groups -OCH3 is 1. The molecule has 4 amide bonds. The summed E-state index contributed by atoms with van der Waals surface area (Å²) in [5.41, 5.74) is 3.14. The van der Waals surface area contributed by atoms with Crippen LogP contribution in [0.25, 0.3) is 0 Å². The SMILES string of the molecule is COCCCN1C(=O)c2ccc(NC(=O)N(Cc3ccccc3)Cc3ccccc3)cc2C1=O. The van der Waals surface area contributed by atoms with Crippen LogP contribution in [0.4, 0.5) is 10.5 Å². The second-order valence-corrected chi connectivity index (χ2v) is 8.13. The van der Waals surface area contributed by atoms with E-state index in [1.54, 1.807) is 30.2 Å². The molecule has 0 saturated heterocycles. The highest BCUT2D eigenvalue weighted by atomic mass is 16.5. The summed E-state index contributed by atoms with van der Waals surface area (Å²) in [4.78, 5) is 41.6. The fourth-order valence-electron chi connectivity index (χ4n) is 3.95. The Morgan fingerprint density at radius 2 is 1.44 bits per heavy atom. The fraction of sp³-hybridized carbons (Fsp3) is 0.222. The summed E-state index contributed by atoms with van der Waals surface area (Å²) in [6.45, 7) is 1.62. The zero-order valence-corrected chi connectivity index (χ0v) is 19.1. The molecule has 0 aromatic heterocycles. The van der Waals surface area contributed by atoms with Gasteiger partial charge in [0.05, 0.1) is 11.1 Å². The van der Waals surface area contributed by atoms with E-state index in [0.29, 0.717) is 49.5 Å². The number of hydrogen-bond acceptors (Lipinski definition) is 4. The van der Waals surface area contributed by atoms with Gasteiger partial charge in [0, 0.05) is 39.0 Å². The second kappa shape index (κ2) is 10.8. The van der Waals surface area contributed by atoms with E-state index in [0.717, 1.165) is 11.1 Å². The van der Waals surface area contributed by atoms with Gasteiger partial charge in [-0.1, -0.05) is 60.7 Å². The number of carbonyl (C=O) groups is 3. The molecule has 1 N–H and O–H groups in total. The Morgan fingerprint density at radius 3 is 2.03 bits per heavy atom. The van der Waals surface area contributed by atoms with Crippen LogP contribution in [0.15, 0.2) is 78.9 Å². The summed E-state index contributed by atoms with van der Waals surface area (Å²) in [6.07, 6.45) is 0.569. The zero-order chi connectivity index (χ0) is 23.9. The van der Waals surface area contributed by atoms with Crippen molar-refractivity contribution in [2.24, 2.45) is 0 Å². The smallest absolute Gasteiger partial charge is 0.322 e. The standard InChI is InChI=1S/C27H27N3O4/c1-34-16-8-15-30-25(31)23-14-13-22(17-24(23)26(30)32)28-27(33)29(18-20-9-4-2-5-10-20)19-21-11-6-3-7-12-21/h2-7,9-14,17H,8,15-16,18-19H2,1H3,(H,28,33). The lowest BCUT2D eigenvalue weighted by Gasteiger charge is -2.23. The van der Waals surface area contributed by atoms with Gasteiger partial charge in [0.2, 0.25) is 0 Å². The number of benzene rings is 3. The van der Waals surface area contributed by atoms with Gasteiger partial charge in [0.25, 0.3) is 11.8 Å². The van der Waals surface area contributed by atoms with E-state index in [-0.39, 0.29) is 17.8 Å². The number of carbonyl (C=O) groups excluding carboxylic acids is 3. The van der Waals surface area contributed by atoms with Gasteiger partial charge >= 0.3 is 6.03 Å². The number of rotatable bonds is 9. The lowest BCUT2D eigenvalue weighted by atomic mass is 10.1. The first kappa shape index (κ1) is 23.2. The first-order valence-corrected chi connectivity index (χ1v) is 11.2. The number of urea groups is 1. The van der Waals surface area contributed by atoms with Crippen molar-refractivity contribution in [1.82, 2.24) is 9.80 Å². The molecule has 3 aromatic rings. The molecule has 0 atom stereocenters. The Bertz CT molecular complexity index is 1120. The van der Waals surface area contributed by atoms with Crippen LogP contribution in [-0.4, -0.2) is 47.9 Å². The maximum atomic E-state index is 13.2. The van der Waals surface area contributed by atoms with Gasteiger partial charge in [-0.05, 0) is 35.7 Å². The largest absolute Gasteiger partial charge is 0.385 e. The van der Waals surface area contributed by atoms with Crippen LogP contribution in [-0.2, 0) is 17.8 Å². The van der Waals surface area contributed by atoms with E-state index in [4.69, 9.17) is 4.74 Å². The van der Waals surface area contributed by atoms with E-state index in [1.807, 2.05) is 60.7 Å². The number of nitrogens with zero attached hydrogens (tertiary/aromatic N) is 2. The molecule has 7 nitrogen and oxygen atoms in total. The lowest BCUT2D eigenvalue weighted by molar-refractivity contribution is 0.0638. The molecule has 0 spiro atoms. The van der Waals surface area contributed by atoms with Crippen LogP contribution in [0.1, 0.15) is 38.3 Å². The summed E-state index contributed by atoms with van der Waals surface area (Å²) < 4.78 is 5.02. The molecular weight excluding hydrogens is 430 g/mol. The molecule has 0 fully saturated rings. The van der Waals surface area contributed by atoms with E-state index in [1.165, 1.54) is 4.90 Å². The van der Waals surface area contributed by atoms with Crippen molar-refractivity contribution in [2.45, 2.75) is 19.5 Å². The van der Waals surface area contributed by atoms with Gasteiger partial charge in [-0.15, -0.1) is 0 Å². The Balaban J connectivity index is 1.51. The van der Waals surface area contributed by atoms with E-state index in [2.05, 4.69) is 5.32 Å². The van der Waals surface area contributed by atoms with Crippen LogP contribution >= 0.6 is 0 Å². The van der Waals surface area contributed by atoms with Crippen molar-refractivity contribution in [3.8, 4) is 0 Å². The molecule has 1 aliphatic rings. The molecule has 4 rings (SSSR count). The summed E-state index contributed by atoms with van der Waals surface area (Å²) in [7, 11) is 1.58. The highest BCUT2D eigenvalue weighted by molar-refractivity contribution is 6.21. The Hall–Kier alpha value is -3.97. The number of fused-ring (bicyclic) bond motifs is 1. The summed E-state index contributed by atoms with van der Waals surface area (Å²) in [5.74, 6) is -0.665. The predicted molar refractivity (Wildman–Crippen MR) is 129 cm³/mol. The van der Waals surface area contributed by atoms with Crippen LogP contribution < -0.4 is 5.32 Å². The molecule has 34 heavy (non-hydrogen) atoms. The molecule has 1 heterocycles. The van der Waals surface area contributed by atoms with Gasteiger partial charge in [0.15, 0.2) is 0 Å². The Morgan fingerprint density at radius 1 is 0.853 bits per heavy atom. The third-order valence-corrected chi connectivity index (χ3v) is 5.67. The number of ether oxygens (including phenoxy) is 1. The van der Waals surface area contributed by atoms with Gasteiger partial charge in [-0.2, -0.15) is 0 Å². The van der Waals surface area contributed by atoms with E-state index < -0.39 is 0 Å². The zero-order valence-electron chi connectivity index (χ0n) is 19.1. The van der Waals surface area contributed by atoms with Crippen molar-refractivity contribution in [3.05, 3.63) is 101 Å². The van der Waals surface area contributed by atoms with Crippen LogP contribution in [0.2, 0.25) is 0 Å². The van der Waals surface area contributed by atoms with Gasteiger partial charge in [-0.25, -0.2) is 4.79 Å². The molecule has 7 heteroatoms. The minimum absolute atomic E-state index is 0.290. The maximum absolute atomic E-state index is 13.2. The highest BCUT2D eigenvalue weighted by Crippen LogP contribution is 2.26. The maximum Gasteiger partial charge on any atom is 0.322 e. The average Bonchev–Trinajstić information content (AvgIpc) is 3.09. The number of amides is 4. The van der Waals surface area contributed by atoms with Crippen molar-refractivity contribution < 1.29 is 19.1 Å². The number of nitrogens with one attached hydrogen (secondary N) is 1. The third-order valence-electron chi connectivity index (χ3n) is 5.67. The van der Waals surface area contributed by atoms with E-state index in [9.17, 15) is 14.4 Å². The Labute approximate surface area is 198 Å². The van der Waals surface area contributed by atoms with Crippen LogP contribution in [0, 0.1) is 0 Å². The quantitative estimate of drug-likeness (QED) is 0.378. The lowest BCUT2D eigenvalue weighted by Crippen LogP contribution is -2.34. The number of hydrogen-bond donors (Lipinski definition) is 1. The molecular formula is C27H27N3O4. The van der Waals surface area contributed by atoms with Gasteiger partial charge in [-0.3, -0.25) is 14.5 Å². The highest BCUT2D eigenvalue weighted by Gasteiger charge is 2.35. The van der Waals surface area contributed by atoms with Crippen molar-refractivity contribution in [1.29, 1.82) is 0 Å². The number of imide groups is 1. The normalized spacial score (nSPS) is 12.6. The van der Waals surface area contributed by atoms with E-state index >= 15 is 0 Å². The van der Waals surface area contributed by atoms with Crippen LogP contribution in [0.3, 0.4) is 0 Å². The molecule has 1 aliphatic heterocycles. The summed E-state index contributed by atoms with van der Waals surface area (Å²) in [5, 5.41) is 2.90. The Kier molecular flexibility index (Phi) is 7.34. The second-order valence-electron chi connectivity index (χ2n) is 8.13. The van der Waals surface area contributed by atoms with Crippen LogP contribution in [0.5, 0.6) is 0 Å². The minimum atomic E-state index is -0.349. The first-order chi connectivity index (χ1) is 16.6. The van der Waals surface area contributed by atoms with Crippen molar-refractivity contribution in [2.75, 3.05) is 25.6 Å². The molecule has 0 saturated carbocycles. The molecule has 0 radical (unpaired) electrons. The summed E-state index contributed by atoms with van der Waals surface area (Å²) >= 11 is 0. The fourth-order valence-corrected chi connectivity index (χ4v) is 3.95. The van der Waals surface area contributed by atoms with Crippen molar-refractivity contribution >= 4 is 23.5 Å². The topological polar surface area (TPSA) is 79.0 Å². The monoisotopic (exact) mass is 457 g/mol. The van der Waals surface area contributed by atoms with Crippen molar-refractivity contribution in [3.63, 3.8) is 0 Å². The predicted octanol–water partition coefficient (Wildman–Crippen LogP) is 4.55. The molecule has 174 valence electrons. The molecule has 0 unspecified atom stereocenters. The first-order valence-electron chi connectivity index (χ1n) is 11.2. The minimum Gasteiger partial charge on any atom is -0.385 e. The van der Waals surface area contributed by atoms with Gasteiger partial charge < -0.3 is 15.0 Å². The average molecular weight is 458 g/mol. The third kappa shape index (κ3) is 5.32. The van der Waals surface area contributed by atoms with Gasteiger partial charge in [0.1, 0.15) is 0 Å². The molecule has 0 bridgehead atoms. The number of anilines is 1.